The summed E-state index contributed by atoms with van der Waals surface area (Å²) in [5, 5.41) is 19.2. The summed E-state index contributed by atoms with van der Waals surface area (Å²) in [7, 11) is 1.48. The highest BCUT2D eigenvalue weighted by Crippen LogP contribution is 2.43. The van der Waals surface area contributed by atoms with Gasteiger partial charge in [0.05, 0.1) is 17.6 Å². The minimum Gasteiger partial charge on any atom is -0.382 e. The van der Waals surface area contributed by atoms with E-state index < -0.39 is 11.5 Å². The third-order valence-electron chi connectivity index (χ3n) is 4.27. The van der Waals surface area contributed by atoms with Gasteiger partial charge in [-0.25, -0.2) is 14.2 Å². The average molecular weight is 367 g/mol. The van der Waals surface area contributed by atoms with Crippen LogP contribution >= 0.6 is 0 Å². The minimum absolute atomic E-state index is 0.0182. The second kappa shape index (κ2) is 6.17. The maximum Gasteiger partial charge on any atom is 0.368 e. The Morgan fingerprint density at radius 1 is 1.37 bits per heavy atom. The lowest BCUT2D eigenvalue weighted by molar-refractivity contribution is 0.627. The first kappa shape index (κ1) is 16.6. The molecule has 1 saturated carbocycles. The number of tetrazole rings is 1. The fourth-order valence-electron chi connectivity index (χ4n) is 2.70. The number of hydrogen-bond donors (Lipinski definition) is 2. The van der Waals surface area contributed by atoms with Crippen LogP contribution < -0.4 is 16.7 Å². The summed E-state index contributed by atoms with van der Waals surface area (Å²) in [5.74, 6) is -0.333. The summed E-state index contributed by atoms with van der Waals surface area (Å²) in [5.41, 5.74) is 6.54. The Morgan fingerprint density at radius 2 is 2.15 bits per heavy atom. The zero-order valence-electron chi connectivity index (χ0n) is 14.2. The van der Waals surface area contributed by atoms with Crippen LogP contribution in [0.15, 0.2) is 23.1 Å². The molecule has 1 aliphatic rings. The first-order valence-electron chi connectivity index (χ1n) is 8.10. The third kappa shape index (κ3) is 2.97. The average Bonchev–Trinajstić information content (AvgIpc) is 3.43. The number of nitrogens with one attached hydrogen (secondary N) is 1. The molecule has 0 unspecified atom stereocenters. The lowest BCUT2D eigenvalue weighted by Crippen LogP contribution is -2.23. The molecule has 1 fully saturated rings. The van der Waals surface area contributed by atoms with Crippen LogP contribution in [0.1, 0.15) is 29.9 Å². The van der Waals surface area contributed by atoms with Gasteiger partial charge in [-0.3, -0.25) is 0 Å². The molecule has 27 heavy (non-hydrogen) atoms. The molecule has 3 N–H and O–H groups in total. The maximum atomic E-state index is 14.6. The molecular weight excluding hydrogens is 353 g/mol. The van der Waals surface area contributed by atoms with E-state index in [0.29, 0.717) is 11.3 Å². The van der Waals surface area contributed by atoms with Crippen LogP contribution in [0.2, 0.25) is 0 Å². The van der Waals surface area contributed by atoms with E-state index in [9.17, 15) is 9.18 Å². The molecule has 136 valence electrons. The molecule has 0 spiro atoms. The Balaban J connectivity index is 1.79. The van der Waals surface area contributed by atoms with Crippen LogP contribution in [0.25, 0.3) is 5.69 Å². The SMILES string of the molecule is Cn1nnn(-c2cc(Nc3ncc(C#N)c(N)n3)c(F)cc2C2CC2)c1=O. The van der Waals surface area contributed by atoms with Crippen molar-refractivity contribution < 1.29 is 4.39 Å². The smallest absolute Gasteiger partial charge is 0.368 e. The van der Waals surface area contributed by atoms with Crippen LogP contribution in [0.4, 0.5) is 21.8 Å². The van der Waals surface area contributed by atoms with Crippen LogP contribution in [-0.4, -0.2) is 29.8 Å². The minimum atomic E-state index is -0.524. The number of nitriles is 1. The van der Waals surface area contributed by atoms with Gasteiger partial charge < -0.3 is 11.1 Å². The second-order valence-electron chi connectivity index (χ2n) is 6.19. The van der Waals surface area contributed by atoms with Gasteiger partial charge in [0.15, 0.2) is 0 Å². The molecule has 0 radical (unpaired) electrons. The summed E-state index contributed by atoms with van der Waals surface area (Å²) >= 11 is 0. The molecule has 11 heteroatoms. The van der Waals surface area contributed by atoms with Crippen molar-refractivity contribution in [2.24, 2.45) is 7.05 Å². The Kier molecular flexibility index (Phi) is 3.80. The van der Waals surface area contributed by atoms with Crippen LogP contribution in [0.5, 0.6) is 0 Å². The van der Waals surface area contributed by atoms with Gasteiger partial charge in [-0.1, -0.05) is 0 Å². The fraction of sp³-hybridized carbons (Fsp3) is 0.250. The Bertz CT molecular complexity index is 1140. The number of aromatic nitrogens is 6. The number of nitrogens with zero attached hydrogens (tertiary/aromatic N) is 7. The third-order valence-corrected chi connectivity index (χ3v) is 4.27. The second-order valence-corrected chi connectivity index (χ2v) is 6.19. The van der Waals surface area contributed by atoms with Crippen molar-refractivity contribution in [1.82, 2.24) is 29.8 Å². The van der Waals surface area contributed by atoms with Crippen molar-refractivity contribution in [3.63, 3.8) is 0 Å². The first-order valence-corrected chi connectivity index (χ1v) is 8.10. The molecule has 10 nitrogen and oxygen atoms in total. The fourth-order valence-corrected chi connectivity index (χ4v) is 2.70. The highest BCUT2D eigenvalue weighted by Gasteiger charge is 2.29. The van der Waals surface area contributed by atoms with Crippen LogP contribution in [0, 0.1) is 17.1 Å². The van der Waals surface area contributed by atoms with E-state index in [2.05, 4.69) is 25.7 Å². The molecule has 0 bridgehead atoms. The van der Waals surface area contributed by atoms with Crippen molar-refractivity contribution in [2.75, 3.05) is 11.1 Å². The van der Waals surface area contributed by atoms with Crippen molar-refractivity contribution >= 4 is 17.5 Å². The summed E-state index contributed by atoms with van der Waals surface area (Å²) < 4.78 is 16.9. The number of nitrogens with two attached hydrogens (primary N) is 1. The number of anilines is 3. The normalized spacial score (nSPS) is 13.4. The number of rotatable bonds is 4. The number of benzene rings is 1. The summed E-state index contributed by atoms with van der Waals surface area (Å²) in [6.07, 6.45) is 3.09. The van der Waals surface area contributed by atoms with Crippen LogP contribution in [-0.2, 0) is 7.05 Å². The molecule has 0 aliphatic heterocycles. The molecule has 4 rings (SSSR count). The lowest BCUT2D eigenvalue weighted by Gasteiger charge is -2.12. The van der Waals surface area contributed by atoms with Crippen LogP contribution in [0.3, 0.4) is 0 Å². The highest BCUT2D eigenvalue weighted by atomic mass is 19.1. The monoisotopic (exact) mass is 367 g/mol. The Labute approximate surface area is 152 Å². The van der Waals surface area contributed by atoms with Crippen molar-refractivity contribution in [3.8, 4) is 11.8 Å². The van der Waals surface area contributed by atoms with E-state index in [4.69, 9.17) is 11.0 Å². The number of hydrogen-bond acceptors (Lipinski definition) is 8. The van der Waals surface area contributed by atoms with Crippen molar-refractivity contribution in [2.45, 2.75) is 18.8 Å². The summed E-state index contributed by atoms with van der Waals surface area (Å²) in [4.78, 5) is 20.1. The predicted molar refractivity (Wildman–Crippen MR) is 93.0 cm³/mol. The van der Waals surface area contributed by atoms with Gasteiger partial charge >= 0.3 is 5.69 Å². The molecule has 0 atom stereocenters. The molecule has 1 aromatic carbocycles. The topological polar surface area (TPSA) is 140 Å². The van der Waals surface area contributed by atoms with E-state index in [0.717, 1.165) is 22.2 Å². The molecule has 2 heterocycles. The molecule has 3 aromatic rings. The number of aryl methyl sites for hydroxylation is 1. The van der Waals surface area contributed by atoms with E-state index in [-0.39, 0.29) is 28.9 Å². The molecule has 2 aromatic heterocycles. The number of halogens is 1. The van der Waals surface area contributed by atoms with Gasteiger partial charge in [0, 0.05) is 7.05 Å². The highest BCUT2D eigenvalue weighted by molar-refractivity contribution is 5.63. The molecule has 0 saturated heterocycles. The number of nitrogen functional groups attached to an aromatic ring is 1. The van der Waals surface area contributed by atoms with E-state index >= 15 is 0 Å². The van der Waals surface area contributed by atoms with E-state index in [1.54, 1.807) is 0 Å². The maximum absolute atomic E-state index is 14.6. The lowest BCUT2D eigenvalue weighted by atomic mass is 10.1. The van der Waals surface area contributed by atoms with E-state index in [1.165, 1.54) is 25.4 Å². The van der Waals surface area contributed by atoms with Gasteiger partial charge in [-0.15, -0.1) is 0 Å². The standard InChI is InChI=1S/C16H14FN9O/c1-25-16(27)26(24-23-25)13-5-12(11(17)4-10(13)8-2-3-8)21-15-20-7-9(6-18)14(19)22-15/h4-5,7-8H,2-3H2,1H3,(H3,19,20,21,22). The van der Waals surface area contributed by atoms with Gasteiger partial charge in [-0.05, 0) is 46.9 Å². The van der Waals surface area contributed by atoms with Crippen molar-refractivity contribution in [3.05, 3.63) is 45.8 Å². The van der Waals surface area contributed by atoms with Gasteiger partial charge in [-0.2, -0.15) is 19.6 Å². The van der Waals surface area contributed by atoms with Crippen molar-refractivity contribution in [1.29, 1.82) is 5.26 Å². The summed E-state index contributed by atoms with van der Waals surface area (Å²) in [6, 6.07) is 4.70. The van der Waals surface area contributed by atoms with Gasteiger partial charge in [0.1, 0.15) is 23.3 Å². The molecule has 0 amide bonds. The quantitative estimate of drug-likeness (QED) is 0.695. The largest absolute Gasteiger partial charge is 0.382 e. The first-order chi connectivity index (χ1) is 13.0. The Hall–Kier alpha value is -3.81. The predicted octanol–water partition coefficient (Wildman–Crippen LogP) is 0.970. The van der Waals surface area contributed by atoms with Gasteiger partial charge in [0.2, 0.25) is 5.95 Å². The van der Waals surface area contributed by atoms with E-state index in [1.807, 2.05) is 6.07 Å². The zero-order chi connectivity index (χ0) is 19.1. The molecule has 1 aliphatic carbocycles. The Morgan fingerprint density at radius 3 is 2.74 bits per heavy atom. The molecular formula is C16H14FN9O. The summed E-state index contributed by atoms with van der Waals surface area (Å²) in [6.45, 7) is 0. The zero-order valence-corrected chi connectivity index (χ0v) is 14.2. The van der Waals surface area contributed by atoms with Gasteiger partial charge in [0.25, 0.3) is 0 Å².